The molecule has 6 rings (SSSR count). The van der Waals surface area contributed by atoms with Crippen molar-refractivity contribution in [1.29, 1.82) is 0 Å². The maximum absolute atomic E-state index is 10.5. The van der Waals surface area contributed by atoms with Crippen molar-refractivity contribution >= 4 is 41.5 Å². The second-order valence-corrected chi connectivity index (χ2v) is 16.2. The predicted octanol–water partition coefficient (Wildman–Crippen LogP) is 3.81. The van der Waals surface area contributed by atoms with Gasteiger partial charge in [-0.15, -0.1) is 0 Å². The molecule has 2 aliphatic heterocycles. The molecule has 0 radical (unpaired) electrons. The van der Waals surface area contributed by atoms with E-state index in [4.69, 9.17) is 14.2 Å². The first-order valence-corrected chi connectivity index (χ1v) is 16.2. The van der Waals surface area contributed by atoms with E-state index >= 15 is 0 Å². The van der Waals surface area contributed by atoms with Crippen LogP contribution in [-0.4, -0.2) is 76.1 Å². The first-order valence-electron chi connectivity index (χ1n) is 14.3. The summed E-state index contributed by atoms with van der Waals surface area (Å²) in [6.45, 7) is 7.61. The molecule has 10 heteroatoms. The van der Waals surface area contributed by atoms with Crippen LogP contribution in [0.25, 0.3) is 11.2 Å². The Bertz CT molecular complexity index is 1480. The number of aliphatic hydroxyl groups excluding tert-OH is 1. The Balaban J connectivity index is 1.36. The molecule has 4 heterocycles. The van der Waals surface area contributed by atoms with Crippen LogP contribution in [0.1, 0.15) is 46.3 Å². The van der Waals surface area contributed by atoms with Crippen LogP contribution in [0.15, 0.2) is 78.3 Å². The summed E-state index contributed by atoms with van der Waals surface area (Å²) in [7, 11) is -0.789. The van der Waals surface area contributed by atoms with Gasteiger partial charge in [-0.25, -0.2) is 19.9 Å². The molecule has 3 atom stereocenters. The quantitative estimate of drug-likeness (QED) is 0.338. The largest absolute Gasteiger partial charge is 0.402 e. The molecule has 0 bridgehead atoms. The number of likely N-dealkylation sites (tertiary alicyclic amines) is 1. The Morgan fingerprint density at radius 1 is 1.02 bits per heavy atom. The van der Waals surface area contributed by atoms with Gasteiger partial charge in [0.15, 0.2) is 17.0 Å². The van der Waals surface area contributed by atoms with Gasteiger partial charge in [-0.2, -0.15) is 0 Å². The molecule has 0 unspecified atom stereocenters. The second-order valence-electron chi connectivity index (χ2n) is 11.9. The zero-order valence-electron chi connectivity index (χ0n) is 24.1. The van der Waals surface area contributed by atoms with E-state index in [0.717, 1.165) is 25.2 Å². The lowest BCUT2D eigenvalue weighted by atomic mass is 10.2. The summed E-state index contributed by atoms with van der Waals surface area (Å²) in [6, 6.07) is 21.1. The van der Waals surface area contributed by atoms with Crippen molar-refractivity contribution in [3.63, 3.8) is 0 Å². The van der Waals surface area contributed by atoms with E-state index in [1.54, 1.807) is 6.33 Å². The number of imidazole rings is 1. The van der Waals surface area contributed by atoms with Crippen molar-refractivity contribution in [2.75, 3.05) is 20.2 Å². The van der Waals surface area contributed by atoms with Gasteiger partial charge in [0.2, 0.25) is 0 Å². The third-order valence-electron chi connectivity index (χ3n) is 8.32. The van der Waals surface area contributed by atoms with Gasteiger partial charge in [0, 0.05) is 26.4 Å². The van der Waals surface area contributed by atoms with Crippen molar-refractivity contribution in [3.8, 4) is 0 Å². The van der Waals surface area contributed by atoms with Crippen LogP contribution in [0.4, 0.5) is 5.82 Å². The predicted molar refractivity (Wildman–Crippen MR) is 162 cm³/mol. The van der Waals surface area contributed by atoms with E-state index in [9.17, 15) is 5.11 Å². The zero-order valence-corrected chi connectivity index (χ0v) is 25.1. The summed E-state index contributed by atoms with van der Waals surface area (Å²) >= 11 is 0. The van der Waals surface area contributed by atoms with Gasteiger partial charge in [-0.3, -0.25) is 4.57 Å². The van der Waals surface area contributed by atoms with E-state index in [1.165, 1.54) is 16.7 Å². The summed E-state index contributed by atoms with van der Waals surface area (Å²) in [5, 5.41) is 12.7. The van der Waals surface area contributed by atoms with Crippen LogP contribution in [-0.2, 0) is 9.16 Å². The molecular weight excluding hydrogens is 532 g/mol. The molecule has 2 aromatic heterocycles. The number of amidine groups is 1. The molecular formula is C31H38N6O3Si. The lowest BCUT2D eigenvalue weighted by Gasteiger charge is -2.45. The number of benzene rings is 2. The number of aliphatic imine (C=N–C) groups is 1. The first kappa shape index (κ1) is 27.7. The highest BCUT2D eigenvalue weighted by molar-refractivity contribution is 6.99. The maximum atomic E-state index is 10.5. The van der Waals surface area contributed by atoms with Gasteiger partial charge in [0.1, 0.15) is 24.5 Å². The Hall–Kier alpha value is -3.44. The fraction of sp³-hybridized carbons (Fsp3) is 0.419. The third kappa shape index (κ3) is 4.99. The van der Waals surface area contributed by atoms with Gasteiger partial charge in [-0.05, 0) is 21.8 Å². The molecule has 2 aliphatic rings. The third-order valence-corrected chi connectivity index (χ3v) is 13.4. The average Bonchev–Trinajstić information content (AvgIpc) is 3.70. The Kier molecular flexibility index (Phi) is 7.50. The topological polar surface area (TPSA) is 97.9 Å². The molecule has 0 spiro atoms. The summed E-state index contributed by atoms with van der Waals surface area (Å²) in [4.78, 5) is 20.6. The number of ether oxygens (including phenoxy) is 1. The number of hydrogen-bond donors (Lipinski definition) is 1. The van der Waals surface area contributed by atoms with Gasteiger partial charge in [0.05, 0.1) is 19.0 Å². The number of aromatic nitrogens is 4. The van der Waals surface area contributed by atoms with E-state index in [1.807, 2.05) is 16.7 Å². The molecule has 0 amide bonds. The van der Waals surface area contributed by atoms with Crippen LogP contribution in [0.2, 0.25) is 5.04 Å². The molecule has 4 aromatic rings. The van der Waals surface area contributed by atoms with E-state index < -0.39 is 20.6 Å². The van der Waals surface area contributed by atoms with Crippen molar-refractivity contribution < 1.29 is 14.3 Å². The molecule has 0 aliphatic carbocycles. The standard InChI is InChI=1S/C31H38N6O3Si/c1-31(2,3)41(22-12-7-5-8-13-22,23-14-9-6-10-15-23)40-24-18-27(39-25(24)19-38)37-21-34-28-29(32-20-33-30(28)37)35-26-16-11-17-36(26)4/h5-10,12-15,20-21,24-25,27,38H,11,16-19H2,1-4H3/t24-,25+,27+/m0/s1. The molecule has 2 saturated heterocycles. The fourth-order valence-corrected chi connectivity index (χ4v) is 11.0. The highest BCUT2D eigenvalue weighted by atomic mass is 28.4. The summed E-state index contributed by atoms with van der Waals surface area (Å²) in [5.74, 6) is 1.57. The molecule has 2 aromatic carbocycles. The minimum Gasteiger partial charge on any atom is -0.402 e. The SMILES string of the molecule is CN1CCCC1=Nc1ncnc2c1ncn2[C@H]1C[C@H](O[Si](c2ccccc2)(c2ccccc2)C(C)(C)C)[C@@H](CO)O1. The highest BCUT2D eigenvalue weighted by Crippen LogP contribution is 2.41. The molecule has 2 fully saturated rings. The molecule has 9 nitrogen and oxygen atoms in total. The van der Waals surface area contributed by atoms with Crippen LogP contribution in [0, 0.1) is 0 Å². The smallest absolute Gasteiger partial charge is 0.261 e. The first-order chi connectivity index (χ1) is 19.8. The van der Waals surface area contributed by atoms with Crippen LogP contribution < -0.4 is 10.4 Å². The summed E-state index contributed by atoms with van der Waals surface area (Å²) < 4.78 is 15.8. The van der Waals surface area contributed by atoms with Crippen molar-refractivity contribution in [3.05, 3.63) is 73.3 Å². The minimum atomic E-state index is -2.84. The number of aliphatic hydroxyl groups is 1. The second kappa shape index (κ2) is 11.1. The minimum absolute atomic E-state index is 0.147. The highest BCUT2D eigenvalue weighted by Gasteiger charge is 2.53. The van der Waals surface area contributed by atoms with E-state index in [2.05, 4.69) is 96.2 Å². The monoisotopic (exact) mass is 570 g/mol. The fourth-order valence-electron chi connectivity index (χ4n) is 6.27. The Morgan fingerprint density at radius 3 is 2.29 bits per heavy atom. The molecule has 0 saturated carbocycles. The number of rotatable bonds is 7. The van der Waals surface area contributed by atoms with Gasteiger partial charge in [-0.1, -0.05) is 81.4 Å². The lowest BCUT2D eigenvalue weighted by Crippen LogP contribution is -2.68. The van der Waals surface area contributed by atoms with Crippen molar-refractivity contribution in [2.24, 2.45) is 4.99 Å². The number of nitrogens with zero attached hydrogens (tertiary/aromatic N) is 6. The van der Waals surface area contributed by atoms with Crippen molar-refractivity contribution in [1.82, 2.24) is 24.4 Å². The molecule has 214 valence electrons. The number of hydrogen-bond acceptors (Lipinski definition) is 7. The number of fused-ring (bicyclic) bond motifs is 1. The maximum Gasteiger partial charge on any atom is 0.261 e. The normalized spacial score (nSPS) is 22.7. The van der Waals surface area contributed by atoms with Gasteiger partial charge < -0.3 is 19.2 Å². The molecule has 41 heavy (non-hydrogen) atoms. The van der Waals surface area contributed by atoms with Crippen LogP contribution in [0.5, 0.6) is 0 Å². The average molecular weight is 571 g/mol. The van der Waals surface area contributed by atoms with Crippen LogP contribution >= 0.6 is 0 Å². The van der Waals surface area contributed by atoms with E-state index in [0.29, 0.717) is 23.4 Å². The van der Waals surface area contributed by atoms with Gasteiger partial charge in [0.25, 0.3) is 8.32 Å². The Labute approximate surface area is 242 Å². The van der Waals surface area contributed by atoms with E-state index in [-0.39, 0.29) is 17.7 Å². The lowest BCUT2D eigenvalue weighted by molar-refractivity contribution is -0.0405. The van der Waals surface area contributed by atoms with Crippen LogP contribution in [0.3, 0.4) is 0 Å². The zero-order chi connectivity index (χ0) is 28.6. The summed E-state index contributed by atoms with van der Waals surface area (Å²) in [5.41, 5.74) is 1.30. The van der Waals surface area contributed by atoms with Crippen molar-refractivity contribution in [2.45, 2.75) is 63.5 Å². The molecule has 1 N–H and O–H groups in total. The van der Waals surface area contributed by atoms with Gasteiger partial charge >= 0.3 is 0 Å². The summed E-state index contributed by atoms with van der Waals surface area (Å²) in [6.07, 6.45) is 4.62. The Morgan fingerprint density at radius 2 is 1.71 bits per heavy atom.